The Labute approximate surface area is 226 Å². The number of nitrogens with one attached hydrogen (secondary N) is 2. The highest BCUT2D eigenvalue weighted by Crippen LogP contribution is 2.35. The van der Waals surface area contributed by atoms with E-state index in [4.69, 9.17) is 4.74 Å². The Morgan fingerprint density at radius 2 is 1.74 bits per heavy atom. The first kappa shape index (κ1) is 28.3. The smallest absolute Gasteiger partial charge is 0.416 e. The third-order valence-corrected chi connectivity index (χ3v) is 7.13. The van der Waals surface area contributed by atoms with E-state index >= 15 is 0 Å². The average molecular weight is 565 g/mol. The first-order valence-electron chi connectivity index (χ1n) is 12.0. The number of benzene rings is 1. The Bertz CT molecular complexity index is 1360. The van der Waals surface area contributed by atoms with E-state index in [-0.39, 0.29) is 33.6 Å². The zero-order valence-electron chi connectivity index (χ0n) is 21.2. The second-order valence-electron chi connectivity index (χ2n) is 8.76. The predicted octanol–water partition coefficient (Wildman–Crippen LogP) is 3.09. The van der Waals surface area contributed by atoms with Gasteiger partial charge in [-0.05, 0) is 31.2 Å². The number of thiophene rings is 1. The topological polar surface area (TPSA) is 121 Å². The number of nitrogens with zero attached hydrogens (tertiary/aromatic N) is 4. The molecule has 10 nitrogen and oxygen atoms in total. The molecule has 1 aromatic carbocycles. The van der Waals surface area contributed by atoms with Gasteiger partial charge in [0, 0.05) is 38.8 Å². The fourth-order valence-corrected chi connectivity index (χ4v) is 4.77. The molecule has 0 aliphatic carbocycles. The molecule has 39 heavy (non-hydrogen) atoms. The Kier molecular flexibility index (Phi) is 8.67. The molecule has 0 spiro atoms. The number of carbonyl (C=O) groups is 2. The SMILES string of the molecule is C/C(=N\NC(=O)c1ccc(C(=O)NCCN2CCOCC2)s1)c1nn(C)c(-c2ccc(C(F)(F)F)cc2)c1O. The summed E-state index contributed by atoms with van der Waals surface area (Å²) in [6, 6.07) is 7.39. The van der Waals surface area contributed by atoms with E-state index in [2.05, 4.69) is 25.8 Å². The zero-order chi connectivity index (χ0) is 28.2. The molecule has 1 saturated heterocycles. The van der Waals surface area contributed by atoms with Crippen molar-refractivity contribution < 1.29 is 32.6 Å². The van der Waals surface area contributed by atoms with Gasteiger partial charge in [0.2, 0.25) is 0 Å². The lowest BCUT2D eigenvalue weighted by Crippen LogP contribution is -2.41. The molecule has 0 atom stereocenters. The second-order valence-corrected chi connectivity index (χ2v) is 9.84. The fraction of sp³-hybridized carbons (Fsp3) is 0.360. The molecule has 3 N–H and O–H groups in total. The molecule has 0 unspecified atom stereocenters. The Hall–Kier alpha value is -3.75. The minimum absolute atomic E-state index is 0.0548. The monoisotopic (exact) mass is 564 g/mol. The van der Waals surface area contributed by atoms with Gasteiger partial charge in [0.05, 0.1) is 34.2 Å². The van der Waals surface area contributed by atoms with Gasteiger partial charge in [-0.1, -0.05) is 12.1 Å². The van der Waals surface area contributed by atoms with Gasteiger partial charge in [-0.25, -0.2) is 5.43 Å². The highest BCUT2D eigenvalue weighted by atomic mass is 32.1. The standard InChI is InChI=1S/C25H27F3N6O4S/c1-15(20-22(35)21(33(2)32-20)16-3-5-17(6-4-16)25(26,27)28)30-31-24(37)19-8-7-18(39-19)23(36)29-9-10-34-11-13-38-14-12-34/h3-8,35H,9-14H2,1-2H3,(H,29,36)(H,31,37)/b30-15+. The fourth-order valence-electron chi connectivity index (χ4n) is 3.96. The van der Waals surface area contributed by atoms with Gasteiger partial charge in [0.1, 0.15) is 5.69 Å². The minimum Gasteiger partial charge on any atom is -0.504 e. The summed E-state index contributed by atoms with van der Waals surface area (Å²) in [7, 11) is 1.53. The molecule has 208 valence electrons. The summed E-state index contributed by atoms with van der Waals surface area (Å²) in [5.74, 6) is -1.12. The van der Waals surface area contributed by atoms with Crippen molar-refractivity contribution in [2.24, 2.45) is 12.1 Å². The molecule has 4 rings (SSSR count). The summed E-state index contributed by atoms with van der Waals surface area (Å²) in [5, 5.41) is 21.8. The van der Waals surface area contributed by atoms with Crippen LogP contribution in [0.25, 0.3) is 11.3 Å². The summed E-state index contributed by atoms with van der Waals surface area (Å²) >= 11 is 1.02. The number of hydrogen-bond acceptors (Lipinski definition) is 8. The molecular formula is C25H27F3N6O4S. The molecule has 0 bridgehead atoms. The number of halogens is 3. The number of morpholine rings is 1. The summed E-state index contributed by atoms with van der Waals surface area (Å²) in [5.41, 5.74) is 2.32. The normalized spacial score (nSPS) is 14.8. The number of aryl methyl sites for hydroxylation is 1. The number of hydrazone groups is 1. The van der Waals surface area contributed by atoms with Crippen LogP contribution in [0.4, 0.5) is 13.2 Å². The van der Waals surface area contributed by atoms with E-state index in [1.165, 1.54) is 36.9 Å². The third-order valence-electron chi connectivity index (χ3n) is 6.05. The van der Waals surface area contributed by atoms with Gasteiger partial charge in [0.25, 0.3) is 11.8 Å². The van der Waals surface area contributed by atoms with Crippen LogP contribution in [0.15, 0.2) is 41.5 Å². The van der Waals surface area contributed by atoms with Gasteiger partial charge in [-0.2, -0.15) is 23.4 Å². The first-order chi connectivity index (χ1) is 18.5. The first-order valence-corrected chi connectivity index (χ1v) is 12.8. The molecular weight excluding hydrogens is 537 g/mol. The van der Waals surface area contributed by atoms with Crippen LogP contribution in [-0.4, -0.2) is 76.7 Å². The number of ether oxygens (including phenoxy) is 1. The van der Waals surface area contributed by atoms with Gasteiger partial charge in [0.15, 0.2) is 11.4 Å². The molecule has 1 fully saturated rings. The van der Waals surface area contributed by atoms with Gasteiger partial charge < -0.3 is 15.2 Å². The van der Waals surface area contributed by atoms with Crippen molar-refractivity contribution >= 4 is 28.9 Å². The Morgan fingerprint density at radius 3 is 2.38 bits per heavy atom. The van der Waals surface area contributed by atoms with Gasteiger partial charge >= 0.3 is 6.18 Å². The van der Waals surface area contributed by atoms with Crippen molar-refractivity contribution in [1.82, 2.24) is 25.4 Å². The maximum atomic E-state index is 12.9. The average Bonchev–Trinajstić information content (AvgIpc) is 3.52. The molecule has 0 radical (unpaired) electrons. The molecule has 2 aromatic heterocycles. The lowest BCUT2D eigenvalue weighted by molar-refractivity contribution is -0.137. The van der Waals surface area contributed by atoms with Crippen molar-refractivity contribution in [1.29, 1.82) is 0 Å². The third kappa shape index (κ3) is 6.82. The maximum absolute atomic E-state index is 12.9. The van der Waals surface area contributed by atoms with E-state index in [0.717, 1.165) is 36.6 Å². The largest absolute Gasteiger partial charge is 0.504 e. The molecule has 3 aromatic rings. The van der Waals surface area contributed by atoms with E-state index in [0.29, 0.717) is 36.7 Å². The number of hydrogen-bond donors (Lipinski definition) is 3. The van der Waals surface area contributed by atoms with Gasteiger partial charge in [-0.3, -0.25) is 19.2 Å². The van der Waals surface area contributed by atoms with Crippen LogP contribution in [-0.2, 0) is 18.0 Å². The van der Waals surface area contributed by atoms with E-state index in [9.17, 15) is 27.9 Å². The number of carbonyl (C=O) groups excluding carboxylic acids is 2. The van der Waals surface area contributed by atoms with Crippen LogP contribution in [0.1, 0.15) is 37.5 Å². The highest BCUT2D eigenvalue weighted by molar-refractivity contribution is 7.15. The Balaban J connectivity index is 1.37. The van der Waals surface area contributed by atoms with E-state index < -0.39 is 17.6 Å². The molecule has 3 heterocycles. The molecule has 2 amide bonds. The number of amides is 2. The quantitative estimate of drug-likeness (QED) is 0.286. The van der Waals surface area contributed by atoms with Crippen molar-refractivity contribution in [3.63, 3.8) is 0 Å². The Morgan fingerprint density at radius 1 is 1.10 bits per heavy atom. The minimum atomic E-state index is -4.48. The van der Waals surface area contributed by atoms with Crippen molar-refractivity contribution in [2.45, 2.75) is 13.1 Å². The van der Waals surface area contributed by atoms with Crippen LogP contribution in [0, 0.1) is 0 Å². The number of aromatic nitrogens is 2. The number of aromatic hydroxyl groups is 1. The van der Waals surface area contributed by atoms with E-state index in [1.54, 1.807) is 6.07 Å². The molecule has 0 saturated carbocycles. The lowest BCUT2D eigenvalue weighted by Gasteiger charge is -2.26. The number of rotatable bonds is 8. The molecule has 1 aliphatic heterocycles. The van der Waals surface area contributed by atoms with Gasteiger partial charge in [-0.15, -0.1) is 11.3 Å². The second kappa shape index (κ2) is 12.0. The van der Waals surface area contributed by atoms with E-state index in [1.807, 2.05) is 0 Å². The summed E-state index contributed by atoms with van der Waals surface area (Å²) in [6.07, 6.45) is -4.48. The van der Waals surface area contributed by atoms with Crippen molar-refractivity contribution in [3.8, 4) is 17.0 Å². The van der Waals surface area contributed by atoms with Crippen LogP contribution in [0.2, 0.25) is 0 Å². The van der Waals surface area contributed by atoms with Crippen molar-refractivity contribution in [2.75, 3.05) is 39.4 Å². The summed E-state index contributed by atoms with van der Waals surface area (Å²) in [4.78, 5) is 27.9. The van der Waals surface area contributed by atoms with Crippen LogP contribution >= 0.6 is 11.3 Å². The maximum Gasteiger partial charge on any atom is 0.416 e. The predicted molar refractivity (Wildman–Crippen MR) is 139 cm³/mol. The van der Waals surface area contributed by atoms with Crippen LogP contribution < -0.4 is 10.7 Å². The lowest BCUT2D eigenvalue weighted by atomic mass is 10.1. The highest BCUT2D eigenvalue weighted by Gasteiger charge is 2.30. The summed E-state index contributed by atoms with van der Waals surface area (Å²) < 4.78 is 45.2. The summed E-state index contributed by atoms with van der Waals surface area (Å²) in [6.45, 7) is 5.71. The zero-order valence-corrected chi connectivity index (χ0v) is 22.0. The van der Waals surface area contributed by atoms with Crippen LogP contribution in [0.5, 0.6) is 5.75 Å². The van der Waals surface area contributed by atoms with Crippen LogP contribution in [0.3, 0.4) is 0 Å². The molecule has 14 heteroatoms. The molecule has 1 aliphatic rings. The van der Waals surface area contributed by atoms with Crippen molar-refractivity contribution in [3.05, 3.63) is 57.4 Å². The number of alkyl halides is 3.